The lowest BCUT2D eigenvalue weighted by atomic mass is 10.1. The zero-order valence-electron chi connectivity index (χ0n) is 15.1. The van der Waals surface area contributed by atoms with E-state index in [1.807, 2.05) is 38.1 Å². The maximum atomic E-state index is 12.6. The van der Waals surface area contributed by atoms with Gasteiger partial charge >= 0.3 is 0 Å². The number of aromatic nitrogens is 1. The fraction of sp³-hybridized carbons (Fsp3) is 0.474. The highest BCUT2D eigenvalue weighted by atomic mass is 32.2. The molecule has 3 rings (SSSR count). The van der Waals surface area contributed by atoms with Crippen LogP contribution >= 0.6 is 0 Å². The molecule has 1 saturated heterocycles. The molecule has 2 aromatic rings. The number of sulfone groups is 1. The highest BCUT2D eigenvalue weighted by Crippen LogP contribution is 2.19. The summed E-state index contributed by atoms with van der Waals surface area (Å²) >= 11 is 0. The Hall–Kier alpha value is -2.15. The third kappa shape index (κ3) is 3.98. The zero-order valence-corrected chi connectivity index (χ0v) is 15.9. The average molecular weight is 376 g/mol. The van der Waals surface area contributed by atoms with Crippen molar-refractivity contribution in [3.63, 3.8) is 0 Å². The molecule has 1 amide bonds. The van der Waals surface area contributed by atoms with Crippen LogP contribution < -0.4 is 5.56 Å². The van der Waals surface area contributed by atoms with Crippen molar-refractivity contribution in [2.24, 2.45) is 0 Å². The summed E-state index contributed by atoms with van der Waals surface area (Å²) in [5, 5.41) is 0.937. The molecule has 1 aliphatic heterocycles. The van der Waals surface area contributed by atoms with Crippen molar-refractivity contribution >= 4 is 26.6 Å². The lowest BCUT2D eigenvalue weighted by Crippen LogP contribution is -2.41. The van der Waals surface area contributed by atoms with Gasteiger partial charge in [0.25, 0.3) is 5.56 Å². The van der Waals surface area contributed by atoms with Crippen LogP contribution in [0, 0.1) is 6.92 Å². The number of hydrogen-bond donors (Lipinski definition) is 1. The van der Waals surface area contributed by atoms with Gasteiger partial charge in [-0.1, -0.05) is 12.1 Å². The van der Waals surface area contributed by atoms with Gasteiger partial charge in [0.2, 0.25) is 5.91 Å². The second-order valence-electron chi connectivity index (χ2n) is 6.95. The number of nitrogens with one attached hydrogen (secondary N) is 1. The Morgan fingerprint density at radius 1 is 1.31 bits per heavy atom. The van der Waals surface area contributed by atoms with Crippen LogP contribution in [0.5, 0.6) is 0 Å². The first-order valence-electron chi connectivity index (χ1n) is 8.91. The Labute approximate surface area is 153 Å². The van der Waals surface area contributed by atoms with Crippen molar-refractivity contribution in [1.82, 2.24) is 9.88 Å². The van der Waals surface area contributed by atoms with Gasteiger partial charge in [0.05, 0.1) is 11.5 Å². The van der Waals surface area contributed by atoms with Crippen LogP contribution in [0.3, 0.4) is 0 Å². The molecular formula is C19H24N2O4S. The van der Waals surface area contributed by atoms with E-state index in [9.17, 15) is 18.0 Å². The van der Waals surface area contributed by atoms with Crippen LogP contribution in [-0.2, 0) is 21.1 Å². The Morgan fingerprint density at radius 3 is 2.73 bits per heavy atom. The number of fused-ring (bicyclic) bond motifs is 1. The van der Waals surface area contributed by atoms with Crippen LogP contribution in [0.2, 0.25) is 0 Å². The van der Waals surface area contributed by atoms with Crippen molar-refractivity contribution in [1.29, 1.82) is 0 Å². The summed E-state index contributed by atoms with van der Waals surface area (Å²) in [4.78, 5) is 29.4. The van der Waals surface area contributed by atoms with Gasteiger partial charge in [-0.15, -0.1) is 0 Å². The van der Waals surface area contributed by atoms with Gasteiger partial charge in [0.15, 0.2) is 9.84 Å². The second kappa shape index (κ2) is 7.23. The lowest BCUT2D eigenvalue weighted by molar-refractivity contribution is -0.132. The first kappa shape index (κ1) is 18.6. The van der Waals surface area contributed by atoms with Gasteiger partial charge in [-0.25, -0.2) is 8.42 Å². The fourth-order valence-electron chi connectivity index (χ4n) is 3.59. The van der Waals surface area contributed by atoms with Crippen LogP contribution in [0.1, 0.15) is 30.9 Å². The molecule has 1 fully saturated rings. The number of pyridine rings is 1. The van der Waals surface area contributed by atoms with Crippen molar-refractivity contribution in [3.05, 3.63) is 45.7 Å². The second-order valence-corrected chi connectivity index (χ2v) is 9.18. The molecule has 0 radical (unpaired) electrons. The number of aryl methyl sites for hydroxylation is 2. The Balaban J connectivity index is 1.72. The molecule has 1 aromatic carbocycles. The zero-order chi connectivity index (χ0) is 18.9. The van der Waals surface area contributed by atoms with Gasteiger partial charge in [-0.3, -0.25) is 9.59 Å². The van der Waals surface area contributed by atoms with E-state index in [4.69, 9.17) is 0 Å². The Morgan fingerprint density at radius 2 is 2.08 bits per heavy atom. The predicted octanol–water partition coefficient (Wildman–Crippen LogP) is 1.80. The van der Waals surface area contributed by atoms with Gasteiger partial charge < -0.3 is 9.88 Å². The molecule has 0 spiro atoms. The summed E-state index contributed by atoms with van der Waals surface area (Å²) < 4.78 is 23.3. The summed E-state index contributed by atoms with van der Waals surface area (Å²) in [6.45, 7) is 4.30. The minimum absolute atomic E-state index is 0.0441. The number of amides is 1. The lowest BCUT2D eigenvalue weighted by Gasteiger charge is -2.26. The standard InChI is InChI=1S/C19H24N2O4S/c1-3-21(16-8-9-26(24,25)12-16)18(22)7-6-15-11-14-5-4-13(2)10-17(14)20-19(15)23/h4-5,10-11,16H,3,6-9,12H2,1-2H3,(H,20,23). The first-order valence-corrected chi connectivity index (χ1v) is 10.7. The van der Waals surface area contributed by atoms with Crippen LogP contribution in [0.4, 0.5) is 0 Å². The monoisotopic (exact) mass is 376 g/mol. The number of benzene rings is 1. The summed E-state index contributed by atoms with van der Waals surface area (Å²) in [5.74, 6) is 0.0891. The maximum Gasteiger partial charge on any atom is 0.251 e. The number of nitrogens with zero attached hydrogens (tertiary/aromatic N) is 1. The molecule has 0 aliphatic carbocycles. The molecule has 1 N–H and O–H groups in total. The van der Waals surface area contributed by atoms with Crippen LogP contribution in [-0.4, -0.2) is 48.3 Å². The predicted molar refractivity (Wildman–Crippen MR) is 102 cm³/mol. The van der Waals surface area contributed by atoms with Crippen molar-refractivity contribution < 1.29 is 13.2 Å². The van der Waals surface area contributed by atoms with E-state index in [0.29, 0.717) is 24.9 Å². The topological polar surface area (TPSA) is 87.3 Å². The van der Waals surface area contributed by atoms with Crippen molar-refractivity contribution in [3.8, 4) is 0 Å². The summed E-state index contributed by atoms with van der Waals surface area (Å²) in [6, 6.07) is 7.44. The van der Waals surface area contributed by atoms with E-state index in [2.05, 4.69) is 4.98 Å². The molecule has 0 saturated carbocycles. The minimum Gasteiger partial charge on any atom is -0.339 e. The number of hydrogen-bond acceptors (Lipinski definition) is 4. The Bertz CT molecular complexity index is 994. The normalized spacial score (nSPS) is 18.9. The van der Waals surface area contributed by atoms with E-state index in [1.165, 1.54) is 0 Å². The highest BCUT2D eigenvalue weighted by Gasteiger charge is 2.33. The van der Waals surface area contributed by atoms with E-state index < -0.39 is 9.84 Å². The van der Waals surface area contributed by atoms with Crippen molar-refractivity contribution in [2.45, 2.75) is 39.2 Å². The average Bonchev–Trinajstić information content (AvgIpc) is 2.93. The molecule has 1 aliphatic rings. The third-order valence-electron chi connectivity index (χ3n) is 5.00. The molecule has 26 heavy (non-hydrogen) atoms. The molecule has 7 heteroatoms. The number of carbonyl (C=O) groups is 1. The molecular weight excluding hydrogens is 352 g/mol. The SMILES string of the molecule is CCN(C(=O)CCc1cc2ccc(C)cc2[nH]c1=O)C1CCS(=O)(=O)C1. The molecule has 2 heterocycles. The summed E-state index contributed by atoms with van der Waals surface area (Å²) in [7, 11) is -3.03. The molecule has 1 aromatic heterocycles. The van der Waals surface area contributed by atoms with E-state index >= 15 is 0 Å². The Kier molecular flexibility index (Phi) is 5.18. The number of rotatable bonds is 5. The number of carbonyl (C=O) groups excluding carboxylic acids is 1. The molecule has 1 atom stereocenters. The van der Waals surface area contributed by atoms with Crippen molar-refractivity contribution in [2.75, 3.05) is 18.1 Å². The van der Waals surface area contributed by atoms with Crippen LogP contribution in [0.15, 0.2) is 29.1 Å². The smallest absolute Gasteiger partial charge is 0.251 e. The maximum absolute atomic E-state index is 12.6. The summed E-state index contributed by atoms with van der Waals surface area (Å²) in [6.07, 6.45) is 1.04. The number of aromatic amines is 1. The van der Waals surface area contributed by atoms with Gasteiger partial charge in [0, 0.05) is 30.1 Å². The van der Waals surface area contributed by atoms with Gasteiger partial charge in [-0.2, -0.15) is 0 Å². The molecule has 6 nitrogen and oxygen atoms in total. The molecule has 0 bridgehead atoms. The third-order valence-corrected chi connectivity index (χ3v) is 6.75. The molecule has 140 valence electrons. The first-order chi connectivity index (χ1) is 12.3. The van der Waals surface area contributed by atoms with Gasteiger partial charge in [0.1, 0.15) is 0 Å². The van der Waals surface area contributed by atoms with Gasteiger partial charge in [-0.05, 0) is 49.8 Å². The minimum atomic E-state index is -3.03. The highest BCUT2D eigenvalue weighted by molar-refractivity contribution is 7.91. The van der Waals surface area contributed by atoms with E-state index in [0.717, 1.165) is 16.5 Å². The quantitative estimate of drug-likeness (QED) is 0.862. The fourth-order valence-corrected chi connectivity index (χ4v) is 5.32. The van der Waals surface area contributed by atoms with E-state index in [-0.39, 0.29) is 35.4 Å². The summed E-state index contributed by atoms with van der Waals surface area (Å²) in [5.41, 5.74) is 2.25. The van der Waals surface area contributed by atoms with E-state index in [1.54, 1.807) is 4.90 Å². The van der Waals surface area contributed by atoms with Crippen LogP contribution in [0.25, 0.3) is 10.9 Å². The largest absolute Gasteiger partial charge is 0.339 e. The molecule has 1 unspecified atom stereocenters. The number of H-pyrrole nitrogens is 1.